The highest BCUT2D eigenvalue weighted by molar-refractivity contribution is 7.80. The van der Waals surface area contributed by atoms with E-state index in [4.69, 9.17) is 17.2 Å². The first-order valence-electron chi connectivity index (χ1n) is 29.1. The molecule has 2 heterocycles. The molecule has 0 unspecified atom stereocenters. The van der Waals surface area contributed by atoms with Crippen LogP contribution in [0.3, 0.4) is 0 Å². The van der Waals surface area contributed by atoms with Crippen LogP contribution in [0.2, 0.25) is 0 Å². The summed E-state index contributed by atoms with van der Waals surface area (Å²) < 4.78 is 0. The molecule has 4 aromatic rings. The Balaban J connectivity index is 1.43. The molecule has 2 aromatic heterocycles. The van der Waals surface area contributed by atoms with E-state index in [2.05, 4.69) is 109 Å². The molecule has 0 bridgehead atoms. The minimum atomic E-state index is -1.48. The molecule has 94 heavy (non-hydrogen) atoms. The summed E-state index contributed by atoms with van der Waals surface area (Å²) in [4.78, 5) is 198. The van der Waals surface area contributed by atoms with Gasteiger partial charge in [0.2, 0.25) is 82.7 Å². The van der Waals surface area contributed by atoms with Crippen molar-refractivity contribution in [1.82, 2.24) is 83.7 Å². The highest BCUT2D eigenvalue weighted by atomic mass is 32.1. The number of H-pyrrole nitrogens is 2. The number of hydrogen-bond donors (Lipinski definition) is 21. The van der Waals surface area contributed by atoms with Crippen LogP contribution in [-0.2, 0) is 92.8 Å². The van der Waals surface area contributed by atoms with Crippen molar-refractivity contribution < 1.29 is 77.3 Å². The third-order valence-electron chi connectivity index (χ3n) is 13.7. The summed E-state index contributed by atoms with van der Waals surface area (Å²) in [5.74, 6) is -13.8. The van der Waals surface area contributed by atoms with E-state index >= 15 is 0 Å². The third kappa shape index (κ3) is 26.5. The molecule has 22 N–H and O–H groups in total. The molecule has 0 radical (unpaired) electrons. The number of aromatic amines is 2. The van der Waals surface area contributed by atoms with Crippen molar-refractivity contribution in [3.05, 3.63) is 96.1 Å². The number of imidazole rings is 2. The van der Waals surface area contributed by atoms with Crippen molar-refractivity contribution in [3.8, 4) is 11.5 Å². The van der Waals surface area contributed by atoms with Gasteiger partial charge < -0.3 is 101 Å². The number of thiol groups is 2. The molecular formula is C57H79N19O16S2. The smallest absolute Gasteiger partial charge is 0.244 e. The Kier molecular flexibility index (Phi) is 31.2. The van der Waals surface area contributed by atoms with E-state index in [0.717, 1.165) is 0 Å². The minimum Gasteiger partial charge on any atom is -0.508 e. The maximum absolute atomic E-state index is 14.2. The summed E-state index contributed by atoms with van der Waals surface area (Å²) in [6.07, 6.45) is 4.05. The molecule has 0 spiro atoms. The van der Waals surface area contributed by atoms with Gasteiger partial charge in [0, 0.05) is 67.4 Å². The lowest BCUT2D eigenvalue weighted by Gasteiger charge is -2.27. The van der Waals surface area contributed by atoms with Gasteiger partial charge in [-0.1, -0.05) is 38.1 Å². The number of aromatic nitrogens is 4. The predicted molar refractivity (Wildman–Crippen MR) is 340 cm³/mol. The average molecular weight is 1350 g/mol. The van der Waals surface area contributed by atoms with Gasteiger partial charge >= 0.3 is 0 Å². The molecule has 35 nitrogen and oxygen atoms in total. The Morgan fingerprint density at radius 2 is 0.862 bits per heavy atom. The average Bonchev–Trinajstić information content (AvgIpc) is 1.15. The second-order valence-corrected chi connectivity index (χ2v) is 22.3. The fourth-order valence-corrected chi connectivity index (χ4v) is 9.11. The van der Waals surface area contributed by atoms with Gasteiger partial charge in [-0.05, 0) is 54.7 Å². The van der Waals surface area contributed by atoms with Crippen molar-refractivity contribution in [2.75, 3.05) is 37.7 Å². The molecule has 0 fully saturated rings. The third-order valence-corrected chi connectivity index (χ3v) is 14.5. The second kappa shape index (κ2) is 38.5. The number of primary amides is 2. The highest BCUT2D eigenvalue weighted by Crippen LogP contribution is 2.14. The largest absolute Gasteiger partial charge is 0.508 e. The summed E-state index contributed by atoms with van der Waals surface area (Å²) in [5.41, 5.74) is 17.8. The molecule has 510 valence electrons. The zero-order chi connectivity index (χ0) is 69.6. The Bertz CT molecular complexity index is 3270. The molecule has 0 saturated carbocycles. The van der Waals surface area contributed by atoms with E-state index in [1.54, 1.807) is 13.8 Å². The second-order valence-electron chi connectivity index (χ2n) is 21.6. The molecule has 0 saturated heterocycles. The first kappa shape index (κ1) is 76.2. The zero-order valence-electron chi connectivity index (χ0n) is 51.3. The van der Waals surface area contributed by atoms with E-state index in [1.807, 2.05) is 0 Å². The van der Waals surface area contributed by atoms with E-state index in [9.17, 15) is 77.3 Å². The normalized spacial score (nSPS) is 13.8. The van der Waals surface area contributed by atoms with E-state index in [0.29, 0.717) is 22.5 Å². The Morgan fingerprint density at radius 3 is 1.32 bits per heavy atom. The van der Waals surface area contributed by atoms with Crippen molar-refractivity contribution in [2.24, 2.45) is 23.1 Å². The molecule has 0 aliphatic carbocycles. The predicted octanol–water partition coefficient (Wildman–Crippen LogP) is -7.23. The molecule has 0 aliphatic heterocycles. The number of benzene rings is 2. The lowest BCUT2D eigenvalue weighted by atomic mass is 10.0. The van der Waals surface area contributed by atoms with E-state index < -0.39 is 169 Å². The number of nitrogens with zero attached hydrogens (tertiary/aromatic N) is 2. The first-order chi connectivity index (χ1) is 44.6. The minimum absolute atomic E-state index is 0.00917. The number of rotatable bonds is 39. The quantitative estimate of drug-likeness (QED) is 0.0185. The maximum Gasteiger partial charge on any atom is 0.244 e. The van der Waals surface area contributed by atoms with E-state index in [-0.39, 0.29) is 61.5 Å². The van der Waals surface area contributed by atoms with Crippen molar-refractivity contribution >= 4 is 108 Å². The van der Waals surface area contributed by atoms with Gasteiger partial charge in [-0.2, -0.15) is 25.3 Å². The van der Waals surface area contributed by atoms with Crippen LogP contribution in [0.4, 0.5) is 0 Å². The summed E-state index contributed by atoms with van der Waals surface area (Å²) in [5, 5.41) is 49.1. The van der Waals surface area contributed by atoms with Gasteiger partial charge in [-0.25, -0.2) is 9.97 Å². The molecule has 0 aliphatic rings. The molecule has 9 atom stereocenters. The van der Waals surface area contributed by atoms with Gasteiger partial charge in [-0.3, -0.25) is 67.1 Å². The first-order valence-corrected chi connectivity index (χ1v) is 30.4. The van der Waals surface area contributed by atoms with Gasteiger partial charge in [0.25, 0.3) is 0 Å². The molecule has 4 rings (SSSR count). The fraction of sp³-hybridized carbons (Fsp3) is 0.439. The van der Waals surface area contributed by atoms with Crippen molar-refractivity contribution in [2.45, 2.75) is 114 Å². The van der Waals surface area contributed by atoms with Crippen molar-refractivity contribution in [3.63, 3.8) is 0 Å². The monoisotopic (exact) mass is 1350 g/mol. The number of nitrogens with one attached hydrogen (secondary N) is 14. The summed E-state index contributed by atoms with van der Waals surface area (Å²) in [6.45, 7) is 1.81. The van der Waals surface area contributed by atoms with Crippen LogP contribution < -0.4 is 81.0 Å². The number of carbonyl (C=O) groups excluding carboxylic acids is 14. The number of carbonyl (C=O) groups is 14. The maximum atomic E-state index is 14.2. The number of phenols is 2. The molecular weight excluding hydrogens is 1270 g/mol. The number of aromatic hydroxyl groups is 2. The molecule has 14 amide bonds. The van der Waals surface area contributed by atoms with Crippen LogP contribution in [0.5, 0.6) is 11.5 Å². The van der Waals surface area contributed by atoms with Crippen LogP contribution >= 0.6 is 25.3 Å². The number of phenolic OH excluding ortho intramolecular Hbond substituents is 2. The van der Waals surface area contributed by atoms with Crippen LogP contribution in [0.15, 0.2) is 73.6 Å². The highest BCUT2D eigenvalue weighted by Gasteiger charge is 2.35. The number of amides is 14. The number of nitrogens with two attached hydrogens (primary N) is 3. The Morgan fingerprint density at radius 1 is 0.457 bits per heavy atom. The molecule has 37 heteroatoms. The van der Waals surface area contributed by atoms with Crippen LogP contribution in [0, 0.1) is 5.92 Å². The van der Waals surface area contributed by atoms with Gasteiger partial charge in [0.1, 0.15) is 65.9 Å². The van der Waals surface area contributed by atoms with E-state index in [1.165, 1.54) is 80.5 Å². The summed E-state index contributed by atoms with van der Waals surface area (Å²) >= 11 is 8.33. The SMILES string of the molecule is CC(C)[C@H](NC(=O)[C@H](Cc1cnc[nH]1)NC(=O)CNC(=O)[C@H](Cc1ccc(O)cc1)NC(=O)[C@H](C)NC(=O)[C@H](CCC(N)=O)NC(=O)[C@H](CS)NC(=O)CN)C(=O)N[C@@H](CS)C(=O)N[C@@H](Cc1ccc(O)cc1)C(=O)NCC(=O)NCC(=O)N[C@@H](Cc1cnc[nH]1)C(N)=O. The Hall–Kier alpha value is -10.3. The van der Waals surface area contributed by atoms with Gasteiger partial charge in [-0.15, -0.1) is 0 Å². The van der Waals surface area contributed by atoms with Crippen molar-refractivity contribution in [1.29, 1.82) is 0 Å². The topological polar surface area (TPSA) is 559 Å². The zero-order valence-corrected chi connectivity index (χ0v) is 53.1. The summed E-state index contributed by atoms with van der Waals surface area (Å²) in [6, 6.07) is -1.41. The molecule has 2 aromatic carbocycles. The van der Waals surface area contributed by atoms with Gasteiger partial charge in [0.05, 0.1) is 38.8 Å². The fourth-order valence-electron chi connectivity index (χ4n) is 8.60. The standard InChI is InChI=1S/C57H79N19O16S2/c1-28(2)48(57(92)75-42(25-94)56(91)74-39(15-31-6-10-35(78)11-7-31)52(87)64-21-45(81)63-22-46(82)69-37(49(60)84)16-32-19-61-26-66-32)76-54(89)40(17-33-20-62-27-67-33)70-47(83)23-65-51(86)38(14-30-4-8-34(77)9-5-30)73-50(85)29(3)68-53(88)36(12-13-43(59)79)72-55(90)41(24-93)71-44(80)18-58/h4-11,19-20,26-29,36-42,48,77-78,93-94H,12-18,21-25,58H2,1-3H3,(H2,59,79)(H2,60,84)(H,61,66)(H,62,67)(H,63,81)(H,64,87)(H,65,86)(H,68,88)(H,69,82)(H,70,83)(H,71,80)(H,72,90)(H,73,85)(H,74,91)(H,75,92)(H,76,89)/t29-,36-,37-,38-,39-,40-,41-,42-,48-/m0/s1. The Labute approximate surface area is 548 Å². The van der Waals surface area contributed by atoms with Crippen LogP contribution in [0.1, 0.15) is 56.1 Å². The number of hydrogen-bond acceptors (Lipinski definition) is 21. The summed E-state index contributed by atoms with van der Waals surface area (Å²) in [7, 11) is 0. The van der Waals surface area contributed by atoms with Crippen LogP contribution in [-0.4, -0.2) is 205 Å². The lowest BCUT2D eigenvalue weighted by Crippen LogP contribution is -2.60. The lowest BCUT2D eigenvalue weighted by molar-refractivity contribution is -0.135. The van der Waals surface area contributed by atoms with Crippen LogP contribution in [0.25, 0.3) is 0 Å². The van der Waals surface area contributed by atoms with Gasteiger partial charge in [0.15, 0.2) is 0 Å².